The fraction of sp³-hybridized carbons (Fsp3) is 1.00. The van der Waals surface area contributed by atoms with Gasteiger partial charge in [0.2, 0.25) is 0 Å². The van der Waals surface area contributed by atoms with Crippen LogP contribution in [0.1, 0.15) is 57.8 Å². The summed E-state index contributed by atoms with van der Waals surface area (Å²) in [7, 11) is 0. The van der Waals surface area contributed by atoms with Gasteiger partial charge >= 0.3 is 0 Å². The van der Waals surface area contributed by atoms with Crippen molar-refractivity contribution >= 4 is 0 Å². The molecule has 0 saturated heterocycles. The molecule has 0 aromatic carbocycles. The molecule has 0 aromatic rings. The smallest absolute Gasteiger partial charge is 0.0546 e. The molecule has 0 aliphatic heterocycles. The standard InChI is InChI=1S/C12H20O/c13-10-3-6-11-4-1-2-5-12(11,9-10)8-7-11/h10,13H,1-9H2/t10-,11-,12+/m1/s1. The molecule has 0 bridgehead atoms. The van der Waals surface area contributed by atoms with Gasteiger partial charge in [-0.15, -0.1) is 0 Å². The highest BCUT2D eigenvalue weighted by Gasteiger charge is 2.60. The van der Waals surface area contributed by atoms with E-state index in [4.69, 9.17) is 0 Å². The van der Waals surface area contributed by atoms with E-state index in [1.165, 1.54) is 44.9 Å². The Labute approximate surface area is 80.5 Å². The number of hydrogen-bond acceptors (Lipinski definition) is 1. The van der Waals surface area contributed by atoms with Crippen LogP contribution in [0.2, 0.25) is 0 Å². The molecule has 74 valence electrons. The number of aliphatic hydroxyl groups is 1. The first kappa shape index (κ1) is 8.28. The average molecular weight is 180 g/mol. The quantitative estimate of drug-likeness (QED) is 0.607. The summed E-state index contributed by atoms with van der Waals surface area (Å²) >= 11 is 0. The summed E-state index contributed by atoms with van der Waals surface area (Å²) < 4.78 is 0. The first-order valence-corrected chi connectivity index (χ1v) is 5.95. The van der Waals surface area contributed by atoms with E-state index in [2.05, 4.69) is 0 Å². The molecular weight excluding hydrogens is 160 g/mol. The highest BCUT2D eigenvalue weighted by molar-refractivity contribution is 5.11. The Balaban J connectivity index is 1.89. The predicted octanol–water partition coefficient (Wildman–Crippen LogP) is 2.87. The summed E-state index contributed by atoms with van der Waals surface area (Å²) in [4.78, 5) is 0. The van der Waals surface area contributed by atoms with Crippen molar-refractivity contribution < 1.29 is 5.11 Å². The normalized spacial score (nSPS) is 54.7. The van der Waals surface area contributed by atoms with Crippen LogP contribution in [-0.4, -0.2) is 11.2 Å². The van der Waals surface area contributed by atoms with Crippen LogP contribution in [0.3, 0.4) is 0 Å². The Morgan fingerprint density at radius 3 is 2.23 bits per heavy atom. The minimum atomic E-state index is 0.0338. The maximum atomic E-state index is 9.76. The molecule has 0 aromatic heterocycles. The first-order chi connectivity index (χ1) is 6.27. The van der Waals surface area contributed by atoms with Crippen molar-refractivity contribution in [3.05, 3.63) is 0 Å². The van der Waals surface area contributed by atoms with E-state index in [9.17, 15) is 5.11 Å². The molecule has 0 heterocycles. The Morgan fingerprint density at radius 1 is 0.846 bits per heavy atom. The lowest BCUT2D eigenvalue weighted by molar-refractivity contribution is -0.175. The number of hydrogen-bond donors (Lipinski definition) is 1. The van der Waals surface area contributed by atoms with Crippen molar-refractivity contribution in [3.8, 4) is 0 Å². The fourth-order valence-electron chi connectivity index (χ4n) is 4.47. The topological polar surface area (TPSA) is 20.2 Å². The van der Waals surface area contributed by atoms with E-state index in [1.54, 1.807) is 0 Å². The van der Waals surface area contributed by atoms with Gasteiger partial charge in [-0.05, 0) is 55.8 Å². The van der Waals surface area contributed by atoms with Gasteiger partial charge in [-0.3, -0.25) is 0 Å². The zero-order valence-electron chi connectivity index (χ0n) is 8.39. The van der Waals surface area contributed by atoms with Gasteiger partial charge in [-0.1, -0.05) is 12.8 Å². The lowest BCUT2D eigenvalue weighted by Gasteiger charge is -2.66. The molecule has 3 atom stereocenters. The average Bonchev–Trinajstić information content (AvgIpc) is 2.11. The van der Waals surface area contributed by atoms with Gasteiger partial charge in [0.1, 0.15) is 0 Å². The van der Waals surface area contributed by atoms with Crippen LogP contribution in [0.5, 0.6) is 0 Å². The molecule has 3 rings (SSSR count). The molecule has 1 N–H and O–H groups in total. The second-order valence-electron chi connectivity index (χ2n) is 5.66. The van der Waals surface area contributed by atoms with Crippen LogP contribution in [0.25, 0.3) is 0 Å². The second-order valence-corrected chi connectivity index (χ2v) is 5.66. The zero-order chi connectivity index (χ0) is 8.94. The van der Waals surface area contributed by atoms with E-state index in [-0.39, 0.29) is 6.10 Å². The van der Waals surface area contributed by atoms with Gasteiger partial charge in [0.25, 0.3) is 0 Å². The van der Waals surface area contributed by atoms with E-state index < -0.39 is 0 Å². The Bertz CT molecular complexity index is 225. The minimum Gasteiger partial charge on any atom is -0.393 e. The Hall–Kier alpha value is -0.0400. The van der Waals surface area contributed by atoms with Crippen molar-refractivity contribution in [1.29, 1.82) is 0 Å². The van der Waals surface area contributed by atoms with Gasteiger partial charge < -0.3 is 5.11 Å². The summed E-state index contributed by atoms with van der Waals surface area (Å²) in [5.41, 5.74) is 1.33. The van der Waals surface area contributed by atoms with Gasteiger partial charge in [-0.25, -0.2) is 0 Å². The van der Waals surface area contributed by atoms with E-state index >= 15 is 0 Å². The third kappa shape index (κ3) is 0.918. The molecule has 1 nitrogen and oxygen atoms in total. The van der Waals surface area contributed by atoms with Crippen molar-refractivity contribution in [2.45, 2.75) is 63.9 Å². The van der Waals surface area contributed by atoms with E-state index in [1.807, 2.05) is 0 Å². The molecule has 1 heteroatoms. The van der Waals surface area contributed by atoms with Gasteiger partial charge in [0.05, 0.1) is 6.10 Å². The highest BCUT2D eigenvalue weighted by atomic mass is 16.3. The zero-order valence-corrected chi connectivity index (χ0v) is 8.39. The molecule has 3 fully saturated rings. The summed E-state index contributed by atoms with van der Waals surface area (Å²) in [5, 5.41) is 9.76. The molecule has 13 heavy (non-hydrogen) atoms. The maximum absolute atomic E-state index is 9.76. The van der Waals surface area contributed by atoms with Crippen LogP contribution in [-0.2, 0) is 0 Å². The first-order valence-electron chi connectivity index (χ1n) is 5.95. The lowest BCUT2D eigenvalue weighted by atomic mass is 9.39. The van der Waals surface area contributed by atoms with Crippen molar-refractivity contribution in [2.24, 2.45) is 10.8 Å². The molecule has 0 unspecified atom stereocenters. The van der Waals surface area contributed by atoms with E-state index in [0.29, 0.717) is 10.8 Å². The van der Waals surface area contributed by atoms with Gasteiger partial charge in [-0.2, -0.15) is 0 Å². The lowest BCUT2D eigenvalue weighted by Crippen LogP contribution is -2.57. The van der Waals surface area contributed by atoms with Gasteiger partial charge in [0.15, 0.2) is 0 Å². The molecule has 3 aliphatic rings. The van der Waals surface area contributed by atoms with Crippen molar-refractivity contribution in [1.82, 2.24) is 0 Å². The largest absolute Gasteiger partial charge is 0.393 e. The maximum Gasteiger partial charge on any atom is 0.0546 e. The summed E-state index contributed by atoms with van der Waals surface area (Å²) in [5.74, 6) is 0. The molecule has 0 amide bonds. The van der Waals surface area contributed by atoms with Crippen LogP contribution < -0.4 is 0 Å². The van der Waals surface area contributed by atoms with E-state index in [0.717, 1.165) is 12.8 Å². The molecule has 0 radical (unpaired) electrons. The minimum absolute atomic E-state index is 0.0338. The van der Waals surface area contributed by atoms with Gasteiger partial charge in [0, 0.05) is 0 Å². The van der Waals surface area contributed by atoms with Crippen LogP contribution in [0, 0.1) is 10.8 Å². The summed E-state index contributed by atoms with van der Waals surface area (Å²) in [6.07, 6.45) is 12.2. The van der Waals surface area contributed by atoms with Crippen molar-refractivity contribution in [3.63, 3.8) is 0 Å². The highest BCUT2D eigenvalue weighted by Crippen LogP contribution is 2.70. The molecule has 3 aliphatic carbocycles. The van der Waals surface area contributed by atoms with Crippen LogP contribution in [0.15, 0.2) is 0 Å². The van der Waals surface area contributed by atoms with Crippen molar-refractivity contribution in [2.75, 3.05) is 0 Å². The molecular formula is C12H20O. The van der Waals surface area contributed by atoms with Crippen LogP contribution >= 0.6 is 0 Å². The number of aliphatic hydroxyl groups excluding tert-OH is 1. The fourth-order valence-corrected chi connectivity index (χ4v) is 4.47. The Morgan fingerprint density at radius 2 is 1.54 bits per heavy atom. The third-order valence-corrected chi connectivity index (χ3v) is 5.35. The number of rotatable bonds is 0. The SMILES string of the molecule is O[C@@H]1CC[C@@]23CCCC[C@]2(CC3)C1. The summed E-state index contributed by atoms with van der Waals surface area (Å²) in [6, 6.07) is 0. The predicted molar refractivity (Wildman–Crippen MR) is 52.4 cm³/mol. The third-order valence-electron chi connectivity index (χ3n) is 5.35. The second kappa shape index (κ2) is 2.50. The molecule has 0 spiro atoms. The van der Waals surface area contributed by atoms with Crippen LogP contribution in [0.4, 0.5) is 0 Å². The Kier molecular flexibility index (Phi) is 1.59. The summed E-state index contributed by atoms with van der Waals surface area (Å²) in [6.45, 7) is 0. The molecule has 3 saturated carbocycles. The monoisotopic (exact) mass is 180 g/mol.